The average Bonchev–Trinajstić information content (AvgIpc) is 3.36. The van der Waals surface area contributed by atoms with Crippen molar-refractivity contribution >= 4 is 34.9 Å². The molecular formula is C29H34N2O2S2. The molecule has 0 aliphatic carbocycles. The normalized spacial score (nSPS) is 15.0. The number of fused-ring (bicyclic) bond motifs is 1. The topological polar surface area (TPSA) is 40.6 Å². The highest BCUT2D eigenvalue weighted by molar-refractivity contribution is 8.00. The Hall–Kier alpha value is -2.57. The zero-order valence-corrected chi connectivity index (χ0v) is 22.2. The van der Waals surface area contributed by atoms with Crippen molar-refractivity contribution in [1.29, 1.82) is 0 Å². The fraction of sp³-hybridized carbons (Fsp3) is 0.379. The van der Waals surface area contributed by atoms with E-state index in [1.54, 1.807) is 16.2 Å². The maximum absolute atomic E-state index is 13.8. The van der Waals surface area contributed by atoms with Crippen LogP contribution in [0.15, 0.2) is 70.9 Å². The lowest BCUT2D eigenvalue weighted by Gasteiger charge is -2.38. The number of hydrogen-bond donors (Lipinski definition) is 0. The zero-order chi connectivity index (χ0) is 24.6. The summed E-state index contributed by atoms with van der Waals surface area (Å²) in [5, 5.41) is 2.13. The Labute approximate surface area is 217 Å². The Morgan fingerprint density at radius 3 is 2.57 bits per heavy atom. The fourth-order valence-electron chi connectivity index (χ4n) is 4.67. The number of thiophene rings is 1. The summed E-state index contributed by atoms with van der Waals surface area (Å²) in [7, 11) is 0. The van der Waals surface area contributed by atoms with Gasteiger partial charge >= 0.3 is 0 Å². The van der Waals surface area contributed by atoms with Gasteiger partial charge in [0.05, 0.1) is 18.3 Å². The molecule has 1 aliphatic heterocycles. The number of unbranched alkanes of at least 4 members (excludes halogenated alkanes) is 2. The Kier molecular flexibility index (Phi) is 9.05. The van der Waals surface area contributed by atoms with E-state index in [-0.39, 0.29) is 24.4 Å². The van der Waals surface area contributed by atoms with Crippen LogP contribution < -0.4 is 0 Å². The molecule has 1 aromatic heterocycles. The maximum atomic E-state index is 13.8. The van der Waals surface area contributed by atoms with Crippen LogP contribution >= 0.6 is 23.1 Å². The smallest absolute Gasteiger partial charge is 0.242 e. The molecule has 184 valence electrons. The molecule has 4 rings (SSSR count). The van der Waals surface area contributed by atoms with Gasteiger partial charge in [0.15, 0.2) is 0 Å². The van der Waals surface area contributed by atoms with Crippen molar-refractivity contribution in [3.8, 4) is 0 Å². The van der Waals surface area contributed by atoms with Gasteiger partial charge in [0.2, 0.25) is 11.8 Å². The number of thioether (sulfide) groups is 1. The summed E-state index contributed by atoms with van der Waals surface area (Å²) in [4.78, 5) is 33.2. The predicted molar refractivity (Wildman–Crippen MR) is 146 cm³/mol. The lowest BCUT2D eigenvalue weighted by molar-refractivity contribution is -0.140. The van der Waals surface area contributed by atoms with Gasteiger partial charge in [-0.2, -0.15) is 0 Å². The molecule has 0 fully saturated rings. The van der Waals surface area contributed by atoms with E-state index in [0.717, 1.165) is 30.6 Å². The van der Waals surface area contributed by atoms with Gasteiger partial charge in [0.1, 0.15) is 0 Å². The summed E-state index contributed by atoms with van der Waals surface area (Å²) in [6, 6.07) is 20.4. The summed E-state index contributed by atoms with van der Waals surface area (Å²) in [5.74, 6) is 0.410. The molecule has 2 heterocycles. The van der Waals surface area contributed by atoms with E-state index in [0.29, 0.717) is 18.8 Å². The third-order valence-electron chi connectivity index (χ3n) is 6.59. The van der Waals surface area contributed by atoms with Crippen molar-refractivity contribution in [2.45, 2.75) is 50.5 Å². The molecule has 2 aromatic carbocycles. The van der Waals surface area contributed by atoms with E-state index in [2.05, 4.69) is 37.4 Å². The lowest BCUT2D eigenvalue weighted by atomic mass is 9.90. The second-order valence-electron chi connectivity index (χ2n) is 9.02. The number of carbonyl (C=O) groups is 2. The van der Waals surface area contributed by atoms with E-state index < -0.39 is 0 Å². The first kappa shape index (κ1) is 25.5. The molecule has 0 radical (unpaired) electrons. The molecule has 0 bridgehead atoms. The van der Waals surface area contributed by atoms with E-state index in [1.165, 1.54) is 33.3 Å². The molecule has 0 saturated carbocycles. The minimum atomic E-state index is -0.0926. The van der Waals surface area contributed by atoms with E-state index in [4.69, 9.17) is 0 Å². The third kappa shape index (κ3) is 6.36. The minimum Gasteiger partial charge on any atom is -0.333 e. The summed E-state index contributed by atoms with van der Waals surface area (Å²) in [6.07, 6.45) is 3.92. The first-order valence-electron chi connectivity index (χ1n) is 12.5. The van der Waals surface area contributed by atoms with Gasteiger partial charge in [-0.3, -0.25) is 9.59 Å². The average molecular weight is 507 g/mol. The summed E-state index contributed by atoms with van der Waals surface area (Å²) in [5.41, 5.74) is 3.58. The largest absolute Gasteiger partial charge is 0.333 e. The number of nitrogens with zero attached hydrogens (tertiary/aromatic N) is 2. The number of carbonyl (C=O) groups excluding carboxylic acids is 2. The molecule has 0 spiro atoms. The standard InChI is InChI=1S/C29H34N2O2S2/c1-3-4-10-17-30(28(33)21-35-23-12-6-5-7-13-23)20-27(32)31-18-15-26-25(16-19-34-26)29(31)24-14-9-8-11-22(24)2/h5-9,11-14,16,19,29H,3-4,10,15,17-18,20-21H2,1-2H3. The predicted octanol–water partition coefficient (Wildman–Crippen LogP) is 6.34. The fourth-order valence-corrected chi connectivity index (χ4v) is 6.39. The van der Waals surface area contributed by atoms with Gasteiger partial charge < -0.3 is 9.80 Å². The van der Waals surface area contributed by atoms with Crippen molar-refractivity contribution in [3.05, 3.63) is 87.6 Å². The Morgan fingerprint density at radius 1 is 1.03 bits per heavy atom. The zero-order valence-electron chi connectivity index (χ0n) is 20.6. The van der Waals surface area contributed by atoms with E-state index in [1.807, 2.05) is 47.4 Å². The summed E-state index contributed by atoms with van der Waals surface area (Å²) < 4.78 is 0. The van der Waals surface area contributed by atoms with Crippen LogP contribution in [0, 0.1) is 6.92 Å². The molecular weight excluding hydrogens is 472 g/mol. The Morgan fingerprint density at radius 2 is 1.80 bits per heavy atom. The van der Waals surface area contributed by atoms with Gasteiger partial charge in [-0.05, 0) is 60.0 Å². The number of amides is 2. The van der Waals surface area contributed by atoms with Crippen LogP contribution in [0.5, 0.6) is 0 Å². The van der Waals surface area contributed by atoms with Crippen LogP contribution in [-0.2, 0) is 16.0 Å². The highest BCUT2D eigenvalue weighted by Crippen LogP contribution is 2.39. The van der Waals surface area contributed by atoms with Crippen molar-refractivity contribution in [1.82, 2.24) is 9.80 Å². The van der Waals surface area contributed by atoms with Crippen LogP contribution in [0.1, 0.15) is 53.8 Å². The quantitative estimate of drug-likeness (QED) is 0.238. The molecule has 35 heavy (non-hydrogen) atoms. The lowest BCUT2D eigenvalue weighted by Crippen LogP contribution is -2.47. The maximum Gasteiger partial charge on any atom is 0.242 e. The number of benzene rings is 2. The number of aryl methyl sites for hydroxylation is 1. The molecule has 4 nitrogen and oxygen atoms in total. The van der Waals surface area contributed by atoms with Gasteiger partial charge in [-0.1, -0.05) is 62.2 Å². The Balaban J connectivity index is 1.52. The molecule has 1 aliphatic rings. The monoisotopic (exact) mass is 506 g/mol. The van der Waals surface area contributed by atoms with Crippen LogP contribution in [0.2, 0.25) is 0 Å². The third-order valence-corrected chi connectivity index (χ3v) is 8.58. The minimum absolute atomic E-state index is 0.0315. The van der Waals surface area contributed by atoms with E-state index in [9.17, 15) is 9.59 Å². The van der Waals surface area contributed by atoms with Gasteiger partial charge in [-0.15, -0.1) is 23.1 Å². The van der Waals surface area contributed by atoms with Crippen molar-refractivity contribution < 1.29 is 9.59 Å². The first-order chi connectivity index (χ1) is 17.1. The number of rotatable bonds is 10. The highest BCUT2D eigenvalue weighted by Gasteiger charge is 2.34. The summed E-state index contributed by atoms with van der Waals surface area (Å²) in [6.45, 7) is 5.71. The molecule has 0 N–H and O–H groups in total. The molecule has 0 saturated heterocycles. The summed E-state index contributed by atoms with van der Waals surface area (Å²) >= 11 is 3.31. The van der Waals surface area contributed by atoms with Crippen LogP contribution in [-0.4, -0.2) is 47.0 Å². The van der Waals surface area contributed by atoms with Crippen molar-refractivity contribution in [2.24, 2.45) is 0 Å². The second-order valence-corrected chi connectivity index (χ2v) is 11.1. The Bertz CT molecular complexity index is 1130. The van der Waals surface area contributed by atoms with Crippen molar-refractivity contribution in [2.75, 3.05) is 25.4 Å². The SMILES string of the molecule is CCCCCN(CC(=O)N1CCc2sccc2C1c1ccccc1C)C(=O)CSc1ccccc1. The van der Waals surface area contributed by atoms with Crippen LogP contribution in [0.4, 0.5) is 0 Å². The molecule has 3 aromatic rings. The molecule has 6 heteroatoms. The van der Waals surface area contributed by atoms with E-state index >= 15 is 0 Å². The number of hydrogen-bond acceptors (Lipinski definition) is 4. The van der Waals surface area contributed by atoms with Gasteiger partial charge in [0, 0.05) is 22.9 Å². The van der Waals surface area contributed by atoms with Crippen LogP contribution in [0.25, 0.3) is 0 Å². The molecule has 2 amide bonds. The van der Waals surface area contributed by atoms with Crippen molar-refractivity contribution in [3.63, 3.8) is 0 Å². The van der Waals surface area contributed by atoms with Gasteiger partial charge in [-0.25, -0.2) is 0 Å². The van der Waals surface area contributed by atoms with Gasteiger partial charge in [0.25, 0.3) is 0 Å². The highest BCUT2D eigenvalue weighted by atomic mass is 32.2. The molecule has 1 unspecified atom stereocenters. The van der Waals surface area contributed by atoms with Crippen LogP contribution in [0.3, 0.4) is 0 Å². The molecule has 1 atom stereocenters. The first-order valence-corrected chi connectivity index (χ1v) is 14.3. The second kappa shape index (κ2) is 12.4.